The molecule has 0 aliphatic carbocycles. The van der Waals surface area contributed by atoms with Crippen LogP contribution < -0.4 is 9.47 Å². The van der Waals surface area contributed by atoms with Crippen molar-refractivity contribution in [2.24, 2.45) is 0 Å². The van der Waals surface area contributed by atoms with Crippen LogP contribution in [0.1, 0.15) is 18.1 Å². The van der Waals surface area contributed by atoms with Gasteiger partial charge in [0.2, 0.25) is 0 Å². The van der Waals surface area contributed by atoms with Gasteiger partial charge in [0.15, 0.2) is 11.5 Å². The average molecular weight is 277 g/mol. The first-order valence-corrected chi connectivity index (χ1v) is 6.83. The van der Waals surface area contributed by atoms with Crippen LogP contribution in [0.25, 0.3) is 0 Å². The minimum Gasteiger partial charge on any atom is -0.490 e. The lowest BCUT2D eigenvalue weighted by Gasteiger charge is -2.13. The van der Waals surface area contributed by atoms with E-state index in [4.69, 9.17) is 21.1 Å². The van der Waals surface area contributed by atoms with E-state index in [0.29, 0.717) is 12.5 Å². The molecule has 0 atom stereocenters. The Bertz CT molecular complexity index is 552. The molecule has 0 fully saturated rings. The van der Waals surface area contributed by atoms with Crippen LogP contribution in [-0.4, -0.2) is 6.61 Å². The summed E-state index contributed by atoms with van der Waals surface area (Å²) in [7, 11) is 0. The molecule has 0 aliphatic rings. The number of hydrogen-bond donors (Lipinski definition) is 0. The van der Waals surface area contributed by atoms with Gasteiger partial charge in [-0.25, -0.2) is 0 Å². The molecule has 0 unspecified atom stereocenters. The van der Waals surface area contributed by atoms with Crippen molar-refractivity contribution >= 4 is 11.6 Å². The van der Waals surface area contributed by atoms with Gasteiger partial charge in [-0.3, -0.25) is 0 Å². The van der Waals surface area contributed by atoms with Crippen LogP contribution >= 0.6 is 11.6 Å². The van der Waals surface area contributed by atoms with Crippen LogP contribution in [0.2, 0.25) is 0 Å². The third kappa shape index (κ3) is 3.42. The monoisotopic (exact) mass is 276 g/mol. The fourth-order valence-corrected chi connectivity index (χ4v) is 1.93. The molecule has 0 bridgehead atoms. The second-order valence-electron chi connectivity index (χ2n) is 4.22. The van der Waals surface area contributed by atoms with Crippen LogP contribution in [0, 0.1) is 6.92 Å². The Balaban J connectivity index is 2.30. The van der Waals surface area contributed by atoms with Gasteiger partial charge in [0.1, 0.15) is 5.75 Å². The van der Waals surface area contributed by atoms with Crippen molar-refractivity contribution in [1.82, 2.24) is 0 Å². The number of alkyl halides is 1. The van der Waals surface area contributed by atoms with Crippen molar-refractivity contribution in [2.75, 3.05) is 6.61 Å². The molecule has 0 radical (unpaired) electrons. The van der Waals surface area contributed by atoms with Crippen LogP contribution in [0.15, 0.2) is 42.5 Å². The van der Waals surface area contributed by atoms with E-state index < -0.39 is 0 Å². The molecule has 2 rings (SSSR count). The Kier molecular flexibility index (Phi) is 4.69. The summed E-state index contributed by atoms with van der Waals surface area (Å²) in [5.74, 6) is 2.76. The van der Waals surface area contributed by atoms with E-state index in [1.54, 1.807) is 0 Å². The molecule has 2 aromatic carbocycles. The van der Waals surface area contributed by atoms with Crippen molar-refractivity contribution in [2.45, 2.75) is 19.7 Å². The molecule has 0 saturated heterocycles. The molecule has 0 amide bonds. The molecule has 100 valence electrons. The first-order chi connectivity index (χ1) is 9.24. The van der Waals surface area contributed by atoms with Crippen LogP contribution in [0.5, 0.6) is 17.2 Å². The molecule has 0 saturated carbocycles. The lowest BCUT2D eigenvalue weighted by molar-refractivity contribution is 0.321. The van der Waals surface area contributed by atoms with Crippen molar-refractivity contribution in [1.29, 1.82) is 0 Å². The molecule has 19 heavy (non-hydrogen) atoms. The van der Waals surface area contributed by atoms with E-state index in [9.17, 15) is 0 Å². The summed E-state index contributed by atoms with van der Waals surface area (Å²) in [6.07, 6.45) is 0. The van der Waals surface area contributed by atoms with Gasteiger partial charge < -0.3 is 9.47 Å². The fourth-order valence-electron chi connectivity index (χ4n) is 1.77. The molecule has 0 spiro atoms. The number of benzene rings is 2. The highest BCUT2D eigenvalue weighted by molar-refractivity contribution is 6.17. The van der Waals surface area contributed by atoms with Crippen LogP contribution in [-0.2, 0) is 5.88 Å². The van der Waals surface area contributed by atoms with Crippen LogP contribution in [0.4, 0.5) is 0 Å². The SMILES string of the molecule is CCOc1ccccc1Oc1cc(CCl)ccc1C. The minimum atomic E-state index is 0.476. The molecule has 2 nitrogen and oxygen atoms in total. The number of ether oxygens (including phenoxy) is 2. The Morgan fingerprint density at radius 1 is 1.00 bits per heavy atom. The lowest BCUT2D eigenvalue weighted by atomic mass is 10.1. The normalized spacial score (nSPS) is 10.3. The van der Waals surface area contributed by atoms with E-state index in [1.165, 1.54) is 0 Å². The molecule has 0 aromatic heterocycles. The summed E-state index contributed by atoms with van der Waals surface area (Å²) in [6.45, 7) is 4.58. The molecular weight excluding hydrogens is 260 g/mol. The number of halogens is 1. The maximum Gasteiger partial charge on any atom is 0.169 e. The lowest BCUT2D eigenvalue weighted by Crippen LogP contribution is -1.96. The predicted molar refractivity (Wildman–Crippen MR) is 78.4 cm³/mol. The summed E-state index contributed by atoms with van der Waals surface area (Å²) in [5.41, 5.74) is 2.11. The summed E-state index contributed by atoms with van der Waals surface area (Å²) >= 11 is 5.85. The Morgan fingerprint density at radius 3 is 2.42 bits per heavy atom. The average Bonchev–Trinajstić information content (AvgIpc) is 2.43. The molecular formula is C16H17ClO2. The zero-order chi connectivity index (χ0) is 13.7. The molecule has 0 heterocycles. The third-order valence-corrected chi connectivity index (χ3v) is 3.08. The van der Waals surface area contributed by atoms with E-state index in [0.717, 1.165) is 28.4 Å². The molecule has 0 aliphatic heterocycles. The highest BCUT2D eigenvalue weighted by atomic mass is 35.5. The minimum absolute atomic E-state index is 0.476. The van der Waals surface area contributed by atoms with Gasteiger partial charge in [-0.2, -0.15) is 0 Å². The number of aryl methyl sites for hydroxylation is 1. The van der Waals surface area contributed by atoms with Crippen molar-refractivity contribution < 1.29 is 9.47 Å². The first kappa shape index (κ1) is 13.8. The second-order valence-corrected chi connectivity index (χ2v) is 4.48. The Morgan fingerprint density at radius 2 is 1.74 bits per heavy atom. The van der Waals surface area contributed by atoms with Crippen LogP contribution in [0.3, 0.4) is 0 Å². The largest absolute Gasteiger partial charge is 0.490 e. The maximum atomic E-state index is 5.95. The summed E-state index contributed by atoms with van der Waals surface area (Å²) < 4.78 is 11.5. The number of hydrogen-bond acceptors (Lipinski definition) is 2. The van der Waals surface area contributed by atoms with Gasteiger partial charge in [0.25, 0.3) is 0 Å². The maximum absolute atomic E-state index is 5.95. The quantitative estimate of drug-likeness (QED) is 0.721. The van der Waals surface area contributed by atoms with Gasteiger partial charge >= 0.3 is 0 Å². The van der Waals surface area contributed by atoms with Gasteiger partial charge in [-0.1, -0.05) is 24.3 Å². The Labute approximate surface area is 118 Å². The van der Waals surface area contributed by atoms with Crippen molar-refractivity contribution in [3.05, 3.63) is 53.6 Å². The van der Waals surface area contributed by atoms with Gasteiger partial charge in [-0.05, 0) is 43.2 Å². The number of para-hydroxylation sites is 2. The van der Waals surface area contributed by atoms with Gasteiger partial charge in [0, 0.05) is 5.88 Å². The van der Waals surface area contributed by atoms with Crippen molar-refractivity contribution in [3.63, 3.8) is 0 Å². The Hall–Kier alpha value is -1.67. The molecule has 0 N–H and O–H groups in total. The van der Waals surface area contributed by atoms with Crippen molar-refractivity contribution in [3.8, 4) is 17.2 Å². The zero-order valence-electron chi connectivity index (χ0n) is 11.2. The van der Waals surface area contributed by atoms with E-state index >= 15 is 0 Å². The molecule has 3 heteroatoms. The van der Waals surface area contributed by atoms with E-state index in [-0.39, 0.29) is 0 Å². The standard InChI is InChI=1S/C16H17ClO2/c1-3-18-14-6-4-5-7-15(14)19-16-10-13(11-17)9-8-12(16)2/h4-10H,3,11H2,1-2H3. The third-order valence-electron chi connectivity index (χ3n) is 2.78. The second kappa shape index (κ2) is 6.48. The zero-order valence-corrected chi connectivity index (χ0v) is 11.9. The topological polar surface area (TPSA) is 18.5 Å². The van der Waals surface area contributed by atoms with Gasteiger partial charge in [-0.15, -0.1) is 11.6 Å². The van der Waals surface area contributed by atoms with E-state index in [1.807, 2.05) is 56.3 Å². The highest BCUT2D eigenvalue weighted by Gasteiger charge is 2.07. The molecule has 2 aromatic rings. The van der Waals surface area contributed by atoms with E-state index in [2.05, 4.69) is 0 Å². The smallest absolute Gasteiger partial charge is 0.169 e. The number of rotatable bonds is 5. The highest BCUT2D eigenvalue weighted by Crippen LogP contribution is 2.33. The predicted octanol–water partition coefficient (Wildman–Crippen LogP) is 4.92. The summed E-state index contributed by atoms with van der Waals surface area (Å²) in [6, 6.07) is 13.6. The van der Waals surface area contributed by atoms with Gasteiger partial charge in [0.05, 0.1) is 6.61 Å². The summed E-state index contributed by atoms with van der Waals surface area (Å²) in [5, 5.41) is 0. The summed E-state index contributed by atoms with van der Waals surface area (Å²) in [4.78, 5) is 0. The fraction of sp³-hybridized carbons (Fsp3) is 0.250. The first-order valence-electron chi connectivity index (χ1n) is 6.29.